The van der Waals surface area contributed by atoms with Crippen molar-refractivity contribution in [1.29, 1.82) is 0 Å². The van der Waals surface area contributed by atoms with E-state index in [9.17, 15) is 0 Å². The molecule has 0 aliphatic rings. The highest BCUT2D eigenvalue weighted by Gasteiger charge is 2.01. The molecule has 0 aliphatic carbocycles. The summed E-state index contributed by atoms with van der Waals surface area (Å²) in [5, 5.41) is 26.4. The molecule has 3 unspecified atom stereocenters. The van der Waals surface area contributed by atoms with Crippen LogP contribution in [0.5, 0.6) is 0 Å². The van der Waals surface area contributed by atoms with E-state index in [2.05, 4.69) is 80.5 Å². The Morgan fingerprint density at radius 1 is 0.556 bits per heavy atom. The van der Waals surface area contributed by atoms with Crippen LogP contribution in [0.3, 0.4) is 0 Å². The van der Waals surface area contributed by atoms with Gasteiger partial charge in [-0.25, -0.2) is 0 Å². The molecule has 0 bridgehead atoms. The van der Waals surface area contributed by atoms with Crippen molar-refractivity contribution in [3.8, 4) is 0 Å². The number of hydrogen-bond donors (Lipinski definition) is 3. The summed E-state index contributed by atoms with van der Waals surface area (Å²) in [5.41, 5.74) is 4.63. The zero-order chi connectivity index (χ0) is 28.2. The first-order chi connectivity index (χ1) is 17.2. The van der Waals surface area contributed by atoms with E-state index in [0.717, 1.165) is 25.7 Å². The molecule has 0 aromatic carbocycles. The van der Waals surface area contributed by atoms with Gasteiger partial charge in [-0.15, -0.1) is 0 Å². The van der Waals surface area contributed by atoms with Crippen LogP contribution in [-0.4, -0.2) is 35.1 Å². The van der Waals surface area contributed by atoms with Crippen LogP contribution in [0.4, 0.5) is 0 Å². The van der Waals surface area contributed by atoms with Gasteiger partial charge in [0.15, 0.2) is 0 Å². The number of rotatable bonds is 18. The van der Waals surface area contributed by atoms with E-state index in [4.69, 9.17) is 15.3 Å². The molecule has 0 heterocycles. The maximum atomic E-state index is 8.80. The van der Waals surface area contributed by atoms with Gasteiger partial charge in [0.05, 0.1) is 0 Å². The number of hydrogen-bond acceptors (Lipinski definition) is 3. The minimum Gasteiger partial charge on any atom is -0.396 e. The number of aliphatic hydroxyl groups is 3. The van der Waals surface area contributed by atoms with Gasteiger partial charge in [-0.1, -0.05) is 83.4 Å². The Labute approximate surface area is 227 Å². The fourth-order valence-electron chi connectivity index (χ4n) is 3.79. The first kappa shape index (κ1) is 39.6. The molecule has 0 aromatic heterocycles. The molecular formula is C33H66O3. The molecule has 0 rings (SSSR count). The van der Waals surface area contributed by atoms with Crippen LogP contribution in [0.2, 0.25) is 0 Å². The van der Waals surface area contributed by atoms with Crippen molar-refractivity contribution in [3.63, 3.8) is 0 Å². The molecule has 0 saturated carbocycles. The lowest BCUT2D eigenvalue weighted by Gasteiger charge is -2.07. The van der Waals surface area contributed by atoms with E-state index >= 15 is 0 Å². The average Bonchev–Trinajstić information content (AvgIpc) is 2.91. The summed E-state index contributed by atoms with van der Waals surface area (Å²) in [5.74, 6) is 1.40. The molecule has 0 saturated heterocycles. The zero-order valence-corrected chi connectivity index (χ0v) is 25.9. The van der Waals surface area contributed by atoms with Gasteiger partial charge in [0.1, 0.15) is 0 Å². The third kappa shape index (κ3) is 27.7. The van der Waals surface area contributed by atoms with Crippen molar-refractivity contribution in [2.75, 3.05) is 19.8 Å². The SMILES string of the molecule is C/C=C(/CC)CCCC(C)CO.C/C=C(\CC)CCCC(C)CO.CCC(=CCCC(C)CO)CC. The van der Waals surface area contributed by atoms with E-state index in [0.29, 0.717) is 37.6 Å². The standard InChI is InChI=1S/3C11H22O/c3*1-4-11(5-2)8-6-7-10(3)9-12/h8,10,12H,4-7,9H2,1-3H3;2*4,10,12H,5-9H2,1-3H3/b;11-4+;11-4-. The van der Waals surface area contributed by atoms with Crippen LogP contribution in [0.1, 0.15) is 139 Å². The number of aliphatic hydroxyl groups excluding tert-OH is 3. The smallest absolute Gasteiger partial charge is 0.0456 e. The highest BCUT2D eigenvalue weighted by atomic mass is 16.3. The highest BCUT2D eigenvalue weighted by Crippen LogP contribution is 2.15. The summed E-state index contributed by atoms with van der Waals surface area (Å²) in [4.78, 5) is 0. The molecule has 0 aromatic rings. The first-order valence-corrected chi connectivity index (χ1v) is 15.0. The Hall–Kier alpha value is -0.900. The second-order valence-electron chi connectivity index (χ2n) is 10.4. The Morgan fingerprint density at radius 2 is 0.889 bits per heavy atom. The van der Waals surface area contributed by atoms with Crippen molar-refractivity contribution in [3.05, 3.63) is 34.9 Å². The Bertz CT molecular complexity index is 495. The minimum absolute atomic E-state index is 0.321. The van der Waals surface area contributed by atoms with Crippen molar-refractivity contribution >= 4 is 0 Å². The Kier molecular flexibility index (Phi) is 33.4. The molecule has 216 valence electrons. The monoisotopic (exact) mass is 511 g/mol. The lowest BCUT2D eigenvalue weighted by molar-refractivity contribution is 0.228. The van der Waals surface area contributed by atoms with Crippen LogP contribution in [0, 0.1) is 17.8 Å². The lowest BCUT2D eigenvalue weighted by Crippen LogP contribution is -2.00. The van der Waals surface area contributed by atoms with Gasteiger partial charge in [0, 0.05) is 19.8 Å². The van der Waals surface area contributed by atoms with Gasteiger partial charge < -0.3 is 15.3 Å². The van der Waals surface area contributed by atoms with Gasteiger partial charge in [0.25, 0.3) is 0 Å². The van der Waals surface area contributed by atoms with E-state index in [1.165, 1.54) is 51.4 Å². The molecule has 0 fully saturated rings. The second kappa shape index (κ2) is 30.3. The number of allylic oxidation sites excluding steroid dienone is 6. The van der Waals surface area contributed by atoms with Gasteiger partial charge in [0.2, 0.25) is 0 Å². The highest BCUT2D eigenvalue weighted by molar-refractivity contribution is 5.00. The van der Waals surface area contributed by atoms with Crippen LogP contribution < -0.4 is 0 Å². The predicted octanol–water partition coefficient (Wildman–Crippen LogP) is 9.42. The molecule has 0 radical (unpaired) electrons. The van der Waals surface area contributed by atoms with Crippen molar-refractivity contribution in [2.45, 2.75) is 139 Å². The van der Waals surface area contributed by atoms with Crippen LogP contribution in [-0.2, 0) is 0 Å². The molecule has 3 N–H and O–H groups in total. The molecule has 0 spiro atoms. The molecule has 0 amide bonds. The normalized spacial score (nSPS) is 14.1. The third-order valence-electron chi connectivity index (χ3n) is 7.05. The molecule has 36 heavy (non-hydrogen) atoms. The maximum Gasteiger partial charge on any atom is 0.0456 e. The molecule has 0 aliphatic heterocycles. The van der Waals surface area contributed by atoms with Crippen molar-refractivity contribution in [2.24, 2.45) is 17.8 Å². The summed E-state index contributed by atoms with van der Waals surface area (Å²) in [6.07, 6.45) is 20.8. The minimum atomic E-state index is 0.321. The molecule has 3 nitrogen and oxygen atoms in total. The van der Waals surface area contributed by atoms with E-state index < -0.39 is 0 Å². The van der Waals surface area contributed by atoms with E-state index in [-0.39, 0.29) is 0 Å². The van der Waals surface area contributed by atoms with Gasteiger partial charge in [-0.3, -0.25) is 0 Å². The fraction of sp³-hybridized carbons (Fsp3) is 0.818. The summed E-state index contributed by atoms with van der Waals surface area (Å²) >= 11 is 0. The van der Waals surface area contributed by atoms with Crippen LogP contribution in [0.15, 0.2) is 34.9 Å². The molecule has 3 heteroatoms. The topological polar surface area (TPSA) is 60.7 Å². The quantitative estimate of drug-likeness (QED) is 0.161. The first-order valence-electron chi connectivity index (χ1n) is 15.0. The summed E-state index contributed by atoms with van der Waals surface area (Å²) in [6.45, 7) is 20.3. The lowest BCUT2D eigenvalue weighted by atomic mass is 10.0. The molecular weight excluding hydrogens is 444 g/mol. The summed E-state index contributed by atoms with van der Waals surface area (Å²) in [7, 11) is 0. The third-order valence-corrected chi connectivity index (χ3v) is 7.05. The zero-order valence-electron chi connectivity index (χ0n) is 25.9. The average molecular weight is 511 g/mol. The van der Waals surface area contributed by atoms with Crippen molar-refractivity contribution < 1.29 is 15.3 Å². The van der Waals surface area contributed by atoms with Gasteiger partial charge in [-0.2, -0.15) is 0 Å². The molecule has 3 atom stereocenters. The van der Waals surface area contributed by atoms with Crippen LogP contribution in [0.25, 0.3) is 0 Å². The fourth-order valence-corrected chi connectivity index (χ4v) is 3.79. The van der Waals surface area contributed by atoms with Crippen LogP contribution >= 0.6 is 0 Å². The Balaban J connectivity index is -0.000000454. The maximum absolute atomic E-state index is 8.80. The van der Waals surface area contributed by atoms with E-state index in [1.807, 2.05) is 0 Å². The largest absolute Gasteiger partial charge is 0.396 e. The van der Waals surface area contributed by atoms with Gasteiger partial charge >= 0.3 is 0 Å². The summed E-state index contributed by atoms with van der Waals surface area (Å²) in [6, 6.07) is 0. The van der Waals surface area contributed by atoms with E-state index in [1.54, 1.807) is 16.7 Å². The predicted molar refractivity (Wildman–Crippen MR) is 162 cm³/mol. The Morgan fingerprint density at radius 3 is 1.17 bits per heavy atom. The summed E-state index contributed by atoms with van der Waals surface area (Å²) < 4.78 is 0. The second-order valence-corrected chi connectivity index (χ2v) is 10.4. The van der Waals surface area contributed by atoms with Crippen molar-refractivity contribution in [1.82, 2.24) is 0 Å². The van der Waals surface area contributed by atoms with Gasteiger partial charge in [-0.05, 0) is 109 Å².